The molecule has 2 saturated carbocycles. The van der Waals surface area contributed by atoms with Gasteiger partial charge in [-0.2, -0.15) is 0 Å². The van der Waals surface area contributed by atoms with E-state index in [9.17, 15) is 19.2 Å². The van der Waals surface area contributed by atoms with Crippen molar-refractivity contribution in [3.8, 4) is 5.75 Å². The van der Waals surface area contributed by atoms with Gasteiger partial charge in [0.15, 0.2) is 0 Å². The Kier molecular flexibility index (Phi) is 7.00. The van der Waals surface area contributed by atoms with Gasteiger partial charge in [-0.1, -0.05) is 25.7 Å². The van der Waals surface area contributed by atoms with Gasteiger partial charge in [0.25, 0.3) is 0 Å². The largest absolute Gasteiger partial charge is 0.497 e. The predicted molar refractivity (Wildman–Crippen MR) is 164 cm³/mol. The smallest absolute Gasteiger partial charge is 0.237 e. The molecule has 4 aliphatic rings. The van der Waals surface area contributed by atoms with Crippen molar-refractivity contribution < 1.29 is 23.9 Å². The minimum atomic E-state index is -0.200. The van der Waals surface area contributed by atoms with Gasteiger partial charge in [0.2, 0.25) is 23.6 Å². The lowest BCUT2D eigenvalue weighted by molar-refractivity contribution is -0.124. The van der Waals surface area contributed by atoms with E-state index < -0.39 is 0 Å². The summed E-state index contributed by atoms with van der Waals surface area (Å²) in [6.45, 7) is 0. The molecule has 3 aromatic carbocycles. The van der Waals surface area contributed by atoms with Crippen LogP contribution < -0.4 is 19.4 Å². The molecule has 43 heavy (non-hydrogen) atoms. The van der Waals surface area contributed by atoms with E-state index in [4.69, 9.17) is 4.74 Å². The van der Waals surface area contributed by atoms with Crippen LogP contribution in [-0.4, -0.2) is 30.7 Å². The summed E-state index contributed by atoms with van der Waals surface area (Å²) in [4.78, 5) is 57.5. The number of ether oxygens (including phenoxy) is 1. The third kappa shape index (κ3) is 4.60. The summed E-state index contributed by atoms with van der Waals surface area (Å²) in [7, 11) is 1.62. The number of imide groups is 2. The van der Waals surface area contributed by atoms with Crippen molar-refractivity contribution in [2.45, 2.75) is 51.4 Å². The highest BCUT2D eigenvalue weighted by molar-refractivity contribution is 6.23. The van der Waals surface area contributed by atoms with Gasteiger partial charge in [0.05, 0.1) is 42.2 Å². The summed E-state index contributed by atoms with van der Waals surface area (Å²) in [5.74, 6) is -0.419. The number of methoxy groups -OCH3 is 1. The molecule has 8 heteroatoms. The van der Waals surface area contributed by atoms with Crippen molar-refractivity contribution in [3.05, 3.63) is 72.8 Å². The topological polar surface area (TPSA) is 87.2 Å². The molecule has 7 rings (SSSR count). The van der Waals surface area contributed by atoms with Crippen LogP contribution in [0.15, 0.2) is 72.8 Å². The number of fused-ring (bicyclic) bond motifs is 2. The number of amides is 4. The molecule has 2 heterocycles. The van der Waals surface area contributed by atoms with E-state index in [2.05, 4.69) is 0 Å². The first kappa shape index (κ1) is 27.4. The Morgan fingerprint density at radius 1 is 0.512 bits per heavy atom. The van der Waals surface area contributed by atoms with Crippen LogP contribution in [0.4, 0.5) is 28.4 Å². The molecule has 3 aromatic rings. The molecular formula is C35H35N3O5. The molecule has 0 aromatic heterocycles. The molecular weight excluding hydrogens is 542 g/mol. The highest BCUT2D eigenvalue weighted by Gasteiger charge is 2.49. The summed E-state index contributed by atoms with van der Waals surface area (Å²) >= 11 is 0. The number of hydrogen-bond donors (Lipinski definition) is 0. The molecule has 220 valence electrons. The second-order valence-electron chi connectivity index (χ2n) is 12.1. The van der Waals surface area contributed by atoms with E-state index >= 15 is 0 Å². The van der Waals surface area contributed by atoms with Crippen molar-refractivity contribution >= 4 is 52.1 Å². The lowest BCUT2D eigenvalue weighted by Crippen LogP contribution is -2.30. The lowest BCUT2D eigenvalue weighted by atomic mass is 9.81. The Balaban J connectivity index is 1.20. The highest BCUT2D eigenvalue weighted by Crippen LogP contribution is 2.43. The second-order valence-corrected chi connectivity index (χ2v) is 12.1. The maximum Gasteiger partial charge on any atom is 0.237 e. The molecule has 8 nitrogen and oxygen atoms in total. The number of rotatable bonds is 6. The third-order valence-electron chi connectivity index (χ3n) is 9.75. The van der Waals surface area contributed by atoms with Crippen LogP contribution in [0.1, 0.15) is 51.4 Å². The molecule has 4 atom stereocenters. The number of benzene rings is 3. The van der Waals surface area contributed by atoms with E-state index in [-0.39, 0.29) is 47.3 Å². The van der Waals surface area contributed by atoms with E-state index in [0.29, 0.717) is 11.4 Å². The Bertz CT molecular complexity index is 1420. The average Bonchev–Trinajstić information content (AvgIpc) is 3.46. The van der Waals surface area contributed by atoms with Crippen molar-refractivity contribution in [2.75, 3.05) is 21.8 Å². The second kappa shape index (κ2) is 11.0. The monoisotopic (exact) mass is 577 g/mol. The van der Waals surface area contributed by atoms with Crippen LogP contribution in [0.5, 0.6) is 5.75 Å². The number of nitrogens with zero attached hydrogens (tertiary/aromatic N) is 3. The molecule has 0 N–H and O–H groups in total. The zero-order valence-corrected chi connectivity index (χ0v) is 24.3. The number of carbonyl (C=O) groups is 4. The summed E-state index contributed by atoms with van der Waals surface area (Å²) in [6, 6.07) is 22.6. The fraction of sp³-hybridized carbons (Fsp3) is 0.371. The molecule has 0 bridgehead atoms. The zero-order chi connectivity index (χ0) is 29.7. The highest BCUT2D eigenvalue weighted by atomic mass is 16.5. The van der Waals surface area contributed by atoms with Gasteiger partial charge < -0.3 is 9.64 Å². The number of hydrogen-bond acceptors (Lipinski definition) is 6. The zero-order valence-electron chi connectivity index (χ0n) is 24.3. The lowest BCUT2D eigenvalue weighted by Gasteiger charge is -2.27. The standard InChI is InChI=1S/C35H35N3O5/c1-43-27-20-18-24(19-21-27)36(22-10-14-25(15-11-22)37-32(39)28-6-2-3-7-29(28)33(37)40)23-12-16-26(17-13-23)38-34(41)30-8-4-5-9-31(30)35(38)42/h10-21,28-31H,2-9H2,1H3. The first-order valence-electron chi connectivity index (χ1n) is 15.4. The maximum atomic E-state index is 13.2. The minimum absolute atomic E-state index is 0.0871. The fourth-order valence-electron chi connectivity index (χ4n) is 7.51. The molecule has 4 fully saturated rings. The average molecular weight is 578 g/mol. The van der Waals surface area contributed by atoms with Crippen molar-refractivity contribution in [1.29, 1.82) is 0 Å². The first-order valence-corrected chi connectivity index (χ1v) is 15.4. The summed E-state index contributed by atoms with van der Waals surface area (Å²) in [6.07, 6.45) is 7.07. The van der Waals surface area contributed by atoms with E-state index in [0.717, 1.165) is 74.2 Å². The fourth-order valence-corrected chi connectivity index (χ4v) is 7.51. The number of carbonyl (C=O) groups excluding carboxylic acids is 4. The molecule has 0 radical (unpaired) electrons. The van der Waals surface area contributed by atoms with Crippen molar-refractivity contribution in [1.82, 2.24) is 0 Å². The van der Waals surface area contributed by atoms with Gasteiger partial charge in [-0.15, -0.1) is 0 Å². The summed E-state index contributed by atoms with van der Waals surface area (Å²) in [5, 5.41) is 0. The van der Waals surface area contributed by atoms with Crippen molar-refractivity contribution in [2.24, 2.45) is 23.7 Å². The Morgan fingerprint density at radius 3 is 1.12 bits per heavy atom. The van der Waals surface area contributed by atoms with Crippen molar-refractivity contribution in [3.63, 3.8) is 0 Å². The van der Waals surface area contributed by atoms with E-state index in [1.165, 1.54) is 9.80 Å². The quantitative estimate of drug-likeness (QED) is 0.310. The normalized spacial score (nSPS) is 25.1. The third-order valence-corrected chi connectivity index (χ3v) is 9.75. The van der Waals surface area contributed by atoms with Gasteiger partial charge in [-0.25, -0.2) is 0 Å². The number of anilines is 5. The first-order chi connectivity index (χ1) is 21.0. The van der Waals surface area contributed by atoms with Crippen LogP contribution in [-0.2, 0) is 19.2 Å². The van der Waals surface area contributed by atoms with Crippen LogP contribution in [0.3, 0.4) is 0 Å². The molecule has 4 unspecified atom stereocenters. The van der Waals surface area contributed by atoms with Gasteiger partial charge in [-0.05, 0) is 98.5 Å². The van der Waals surface area contributed by atoms with Gasteiger partial charge in [-0.3, -0.25) is 29.0 Å². The van der Waals surface area contributed by atoms with Crippen LogP contribution in [0.25, 0.3) is 0 Å². The molecule has 4 amide bonds. The van der Waals surface area contributed by atoms with Gasteiger partial charge in [0, 0.05) is 17.1 Å². The van der Waals surface area contributed by atoms with Crippen LogP contribution in [0, 0.1) is 23.7 Å². The van der Waals surface area contributed by atoms with E-state index in [1.807, 2.05) is 77.7 Å². The molecule has 2 saturated heterocycles. The molecule has 2 aliphatic heterocycles. The SMILES string of the molecule is COc1ccc(N(c2ccc(N3C(=O)C4CCCCC4C3=O)cc2)c2ccc(N3C(=O)C4CCCCC4C3=O)cc2)cc1. The predicted octanol–water partition coefficient (Wildman–Crippen LogP) is 6.52. The minimum Gasteiger partial charge on any atom is -0.497 e. The maximum absolute atomic E-state index is 13.2. The Morgan fingerprint density at radius 2 is 0.814 bits per heavy atom. The van der Waals surface area contributed by atoms with Crippen LogP contribution >= 0.6 is 0 Å². The molecule has 2 aliphatic carbocycles. The van der Waals surface area contributed by atoms with Gasteiger partial charge in [0.1, 0.15) is 5.75 Å². The summed E-state index contributed by atoms with van der Waals surface area (Å²) < 4.78 is 5.37. The van der Waals surface area contributed by atoms with Gasteiger partial charge >= 0.3 is 0 Å². The summed E-state index contributed by atoms with van der Waals surface area (Å²) in [5.41, 5.74) is 3.71. The van der Waals surface area contributed by atoms with E-state index in [1.54, 1.807) is 7.11 Å². The van der Waals surface area contributed by atoms with Crippen LogP contribution in [0.2, 0.25) is 0 Å². The Hall–Kier alpha value is -4.46. The Labute approximate surface area is 251 Å². The molecule has 0 spiro atoms.